The number of halogens is 1. The van der Waals surface area contributed by atoms with E-state index in [4.69, 9.17) is 11.6 Å². The van der Waals surface area contributed by atoms with Crippen LogP contribution in [0.3, 0.4) is 0 Å². The molecule has 1 aliphatic heterocycles. The molecule has 3 heterocycles. The maximum Gasteiger partial charge on any atom is 0.274 e. The van der Waals surface area contributed by atoms with Crippen LogP contribution in [0.1, 0.15) is 39.2 Å². The van der Waals surface area contributed by atoms with E-state index in [9.17, 15) is 9.59 Å². The van der Waals surface area contributed by atoms with Gasteiger partial charge in [-0.05, 0) is 45.2 Å². The van der Waals surface area contributed by atoms with Crippen molar-refractivity contribution >= 4 is 61.8 Å². The second kappa shape index (κ2) is 9.58. The summed E-state index contributed by atoms with van der Waals surface area (Å²) in [5.41, 5.74) is 0.918. The van der Waals surface area contributed by atoms with Crippen LogP contribution in [-0.4, -0.2) is 39.3 Å². The maximum absolute atomic E-state index is 13.2. The van der Waals surface area contributed by atoms with E-state index in [-0.39, 0.29) is 23.3 Å². The summed E-state index contributed by atoms with van der Waals surface area (Å²) in [7, 11) is 0. The molecule has 0 spiro atoms. The average Bonchev–Trinajstić information content (AvgIpc) is 3.19. The van der Waals surface area contributed by atoms with Gasteiger partial charge in [-0.1, -0.05) is 46.8 Å². The van der Waals surface area contributed by atoms with E-state index < -0.39 is 0 Å². The summed E-state index contributed by atoms with van der Waals surface area (Å²) in [6.07, 6.45) is 3.51. The Bertz CT molecular complexity index is 1150. The first-order chi connectivity index (χ1) is 14.9. The SMILES string of the molecule is CC(C)n1c(SCC(=O)Nc2ccccc2Cl)nc2nc(N3CCCCC3)sc2c1=O. The molecule has 0 radical (unpaired) electrons. The molecule has 1 aromatic carbocycles. The van der Waals surface area contributed by atoms with Gasteiger partial charge in [0.15, 0.2) is 15.9 Å². The Morgan fingerprint density at radius 1 is 1.23 bits per heavy atom. The summed E-state index contributed by atoms with van der Waals surface area (Å²) in [6, 6.07) is 7.00. The molecule has 1 N–H and O–H groups in total. The second-order valence-electron chi connectivity index (χ2n) is 7.68. The fraction of sp³-hybridized carbons (Fsp3) is 0.429. The van der Waals surface area contributed by atoms with Gasteiger partial charge in [0.2, 0.25) is 5.91 Å². The molecule has 1 aliphatic rings. The fourth-order valence-electron chi connectivity index (χ4n) is 3.51. The molecule has 10 heteroatoms. The highest BCUT2D eigenvalue weighted by Crippen LogP contribution is 2.30. The number of piperidine rings is 1. The zero-order valence-corrected chi connectivity index (χ0v) is 19.8. The van der Waals surface area contributed by atoms with Crippen LogP contribution in [0, 0.1) is 0 Å². The molecule has 31 heavy (non-hydrogen) atoms. The van der Waals surface area contributed by atoms with Crippen molar-refractivity contribution in [1.29, 1.82) is 0 Å². The third kappa shape index (κ3) is 4.88. The number of hydrogen-bond acceptors (Lipinski definition) is 7. The molecule has 1 amide bonds. The fourth-order valence-corrected chi connectivity index (χ4v) is 5.61. The van der Waals surface area contributed by atoms with Crippen LogP contribution in [0.5, 0.6) is 0 Å². The number of rotatable bonds is 6. The van der Waals surface area contributed by atoms with Crippen molar-refractivity contribution in [1.82, 2.24) is 14.5 Å². The number of benzene rings is 1. The number of hydrogen-bond donors (Lipinski definition) is 1. The van der Waals surface area contributed by atoms with Crippen molar-refractivity contribution in [3.05, 3.63) is 39.6 Å². The van der Waals surface area contributed by atoms with Crippen molar-refractivity contribution in [2.75, 3.05) is 29.1 Å². The molecule has 3 aromatic rings. The Morgan fingerprint density at radius 3 is 2.68 bits per heavy atom. The second-order valence-corrected chi connectivity index (χ2v) is 10.0. The summed E-state index contributed by atoms with van der Waals surface area (Å²) in [6.45, 7) is 5.80. The first-order valence-electron chi connectivity index (χ1n) is 10.3. The highest BCUT2D eigenvalue weighted by molar-refractivity contribution is 7.99. The lowest BCUT2D eigenvalue weighted by Gasteiger charge is -2.25. The minimum Gasteiger partial charge on any atom is -0.348 e. The molecule has 0 aliphatic carbocycles. The van der Waals surface area contributed by atoms with E-state index in [2.05, 4.69) is 20.2 Å². The number of anilines is 2. The van der Waals surface area contributed by atoms with Gasteiger partial charge in [-0.15, -0.1) is 0 Å². The zero-order chi connectivity index (χ0) is 22.0. The van der Waals surface area contributed by atoms with Crippen LogP contribution < -0.4 is 15.8 Å². The van der Waals surface area contributed by atoms with E-state index in [1.807, 2.05) is 19.9 Å². The van der Waals surface area contributed by atoms with Gasteiger partial charge < -0.3 is 10.2 Å². The summed E-state index contributed by atoms with van der Waals surface area (Å²) in [5.74, 6) is -0.103. The van der Waals surface area contributed by atoms with E-state index in [0.717, 1.165) is 31.1 Å². The number of nitrogens with one attached hydrogen (secondary N) is 1. The molecule has 0 atom stereocenters. The lowest BCUT2D eigenvalue weighted by Crippen LogP contribution is -2.29. The normalized spacial score (nSPS) is 14.4. The van der Waals surface area contributed by atoms with Crippen molar-refractivity contribution in [3.63, 3.8) is 0 Å². The predicted octanol–water partition coefficient (Wildman–Crippen LogP) is 4.81. The minimum absolute atomic E-state index is 0.0842. The number of nitrogens with zero attached hydrogens (tertiary/aromatic N) is 4. The van der Waals surface area contributed by atoms with Crippen molar-refractivity contribution in [2.24, 2.45) is 0 Å². The molecule has 164 valence electrons. The monoisotopic (exact) mass is 477 g/mol. The Kier molecular flexibility index (Phi) is 6.83. The molecular weight excluding hydrogens is 454 g/mol. The van der Waals surface area contributed by atoms with Crippen molar-refractivity contribution < 1.29 is 4.79 Å². The number of amides is 1. The molecule has 4 rings (SSSR count). The molecule has 7 nitrogen and oxygen atoms in total. The van der Waals surface area contributed by atoms with Crippen LogP contribution in [0.2, 0.25) is 5.02 Å². The Hall–Kier alpha value is -2.10. The molecule has 0 bridgehead atoms. The van der Waals surface area contributed by atoms with Crippen LogP contribution in [-0.2, 0) is 4.79 Å². The zero-order valence-electron chi connectivity index (χ0n) is 17.4. The highest BCUT2D eigenvalue weighted by atomic mass is 35.5. The number of fused-ring (bicyclic) bond motifs is 1. The van der Waals surface area contributed by atoms with Gasteiger partial charge in [-0.25, -0.2) is 4.98 Å². The van der Waals surface area contributed by atoms with Gasteiger partial charge in [-0.2, -0.15) is 4.98 Å². The standard InChI is InChI=1S/C21H24ClN5O2S2/c1-13(2)27-19(29)17-18(24-20(31-17)26-10-6-3-7-11-26)25-21(27)30-12-16(28)23-15-9-5-4-8-14(15)22/h4-5,8-9,13H,3,6-7,10-12H2,1-2H3,(H,23,28). The van der Waals surface area contributed by atoms with Gasteiger partial charge >= 0.3 is 0 Å². The molecule has 1 fully saturated rings. The van der Waals surface area contributed by atoms with E-state index in [1.165, 1.54) is 29.5 Å². The van der Waals surface area contributed by atoms with Crippen molar-refractivity contribution in [3.8, 4) is 0 Å². The van der Waals surface area contributed by atoms with Crippen LogP contribution in [0.15, 0.2) is 34.2 Å². The number of carbonyl (C=O) groups excluding carboxylic acids is 1. The first-order valence-corrected chi connectivity index (χ1v) is 12.5. The summed E-state index contributed by atoms with van der Waals surface area (Å²) in [5, 5.41) is 4.63. The third-order valence-electron chi connectivity index (χ3n) is 5.04. The minimum atomic E-state index is -0.213. The Morgan fingerprint density at radius 2 is 1.97 bits per heavy atom. The third-order valence-corrected chi connectivity index (χ3v) is 7.42. The summed E-state index contributed by atoms with van der Waals surface area (Å²) < 4.78 is 2.22. The molecule has 0 unspecified atom stereocenters. The van der Waals surface area contributed by atoms with E-state index >= 15 is 0 Å². The average molecular weight is 478 g/mol. The highest BCUT2D eigenvalue weighted by Gasteiger charge is 2.21. The summed E-state index contributed by atoms with van der Waals surface area (Å²) in [4.78, 5) is 37.2. The number of aromatic nitrogens is 3. The topological polar surface area (TPSA) is 80.1 Å². The number of thiazole rings is 1. The van der Waals surface area contributed by atoms with Crippen LogP contribution >= 0.6 is 34.7 Å². The largest absolute Gasteiger partial charge is 0.348 e. The predicted molar refractivity (Wildman–Crippen MR) is 129 cm³/mol. The molecule has 1 saturated heterocycles. The van der Waals surface area contributed by atoms with Gasteiger partial charge in [0.25, 0.3) is 5.56 Å². The molecular formula is C21H24ClN5O2S2. The first kappa shape index (κ1) is 22.1. The van der Waals surface area contributed by atoms with Crippen LogP contribution in [0.25, 0.3) is 10.3 Å². The van der Waals surface area contributed by atoms with E-state index in [1.54, 1.807) is 22.8 Å². The number of carbonyl (C=O) groups is 1. The Balaban J connectivity index is 1.58. The van der Waals surface area contributed by atoms with Crippen molar-refractivity contribution in [2.45, 2.75) is 44.3 Å². The molecule has 2 aromatic heterocycles. The lowest BCUT2D eigenvalue weighted by atomic mass is 10.1. The van der Waals surface area contributed by atoms with Gasteiger partial charge in [0.1, 0.15) is 4.70 Å². The smallest absolute Gasteiger partial charge is 0.274 e. The van der Waals surface area contributed by atoms with Crippen LogP contribution in [0.4, 0.5) is 10.8 Å². The number of para-hydroxylation sites is 1. The summed E-state index contributed by atoms with van der Waals surface area (Å²) >= 11 is 8.76. The lowest BCUT2D eigenvalue weighted by molar-refractivity contribution is -0.113. The molecule has 0 saturated carbocycles. The van der Waals surface area contributed by atoms with Gasteiger partial charge in [0, 0.05) is 19.1 Å². The number of thioether (sulfide) groups is 1. The van der Waals surface area contributed by atoms with E-state index in [0.29, 0.717) is 26.2 Å². The maximum atomic E-state index is 13.2. The van der Waals surface area contributed by atoms with Gasteiger partial charge in [0.05, 0.1) is 16.5 Å². The Labute approximate surface area is 193 Å². The quantitative estimate of drug-likeness (QED) is 0.405. The van der Waals surface area contributed by atoms with Gasteiger partial charge in [-0.3, -0.25) is 14.2 Å².